The third kappa shape index (κ3) is 5.42. The van der Waals surface area contributed by atoms with E-state index in [0.717, 1.165) is 17.1 Å². The lowest BCUT2D eigenvalue weighted by molar-refractivity contribution is -0.122. The highest BCUT2D eigenvalue weighted by molar-refractivity contribution is 7.03. The number of benzene rings is 3. The van der Waals surface area contributed by atoms with E-state index in [2.05, 4.69) is 14.9 Å². The molecule has 1 N–H and O–H groups in total. The lowest BCUT2D eigenvalue weighted by Crippen LogP contribution is -2.45. The zero-order chi connectivity index (χ0) is 25.8. The summed E-state index contributed by atoms with van der Waals surface area (Å²) in [5.74, 6) is -2.48. The topological polar surface area (TPSA) is 75.2 Å². The molecule has 0 aliphatic heterocycles. The molecule has 6 nitrogen and oxygen atoms in total. The monoisotopic (exact) mass is 526 g/mol. The largest absolute Gasteiger partial charge is 0.350 e. The van der Waals surface area contributed by atoms with E-state index in [4.69, 9.17) is 11.6 Å². The summed E-state index contributed by atoms with van der Waals surface area (Å²) in [7, 11) is 0. The number of hydrogen-bond acceptors (Lipinski definition) is 5. The van der Waals surface area contributed by atoms with Gasteiger partial charge in [0.1, 0.15) is 17.7 Å². The fourth-order valence-corrected chi connectivity index (χ4v) is 4.46. The van der Waals surface area contributed by atoms with E-state index in [1.807, 2.05) is 13.0 Å². The number of hydrogen-bond donors (Lipinski definition) is 1. The van der Waals surface area contributed by atoms with Crippen LogP contribution >= 0.6 is 23.1 Å². The summed E-state index contributed by atoms with van der Waals surface area (Å²) in [5.41, 5.74) is 2.37. The van der Waals surface area contributed by atoms with Gasteiger partial charge in [0, 0.05) is 28.2 Å². The third-order valence-electron chi connectivity index (χ3n) is 5.58. The second-order valence-corrected chi connectivity index (χ2v) is 9.15. The third-order valence-corrected chi connectivity index (χ3v) is 6.42. The standard InChI is InChI=1S/C26H21ClF2N4O2S/c1-15-6-7-16(2)22(12-15)33(26(35)21-14-36-32-31-21)24(23-19(27)4-3-5-20(23)29)25(34)30-13-17-8-10-18(28)11-9-17/h3-12,14,24H,13H2,1-2H3,(H,30,34). The van der Waals surface area contributed by atoms with Crippen molar-refractivity contribution in [1.29, 1.82) is 0 Å². The van der Waals surface area contributed by atoms with E-state index in [-0.39, 0.29) is 22.8 Å². The first-order valence-electron chi connectivity index (χ1n) is 10.9. The van der Waals surface area contributed by atoms with Gasteiger partial charge in [0.15, 0.2) is 5.69 Å². The quantitative estimate of drug-likeness (QED) is 0.331. The van der Waals surface area contributed by atoms with Crippen molar-refractivity contribution in [2.24, 2.45) is 0 Å². The smallest absolute Gasteiger partial charge is 0.280 e. The van der Waals surface area contributed by atoms with Crippen LogP contribution in [0.15, 0.2) is 66.0 Å². The van der Waals surface area contributed by atoms with Gasteiger partial charge in [-0.2, -0.15) is 0 Å². The Morgan fingerprint density at radius 1 is 1.08 bits per heavy atom. The minimum absolute atomic E-state index is 0.00435. The SMILES string of the molecule is Cc1ccc(C)c(N(C(=O)c2csnn2)C(C(=O)NCc2ccc(F)cc2)c2c(F)cccc2Cl)c1. The normalized spacial score (nSPS) is 11.7. The first-order chi connectivity index (χ1) is 17.3. The van der Waals surface area contributed by atoms with Crippen molar-refractivity contribution in [3.8, 4) is 0 Å². The van der Waals surface area contributed by atoms with Gasteiger partial charge in [-0.15, -0.1) is 5.10 Å². The molecule has 0 aliphatic rings. The highest BCUT2D eigenvalue weighted by atomic mass is 35.5. The number of aryl methyl sites for hydroxylation is 2. The molecule has 0 saturated carbocycles. The Balaban J connectivity index is 1.86. The van der Waals surface area contributed by atoms with Gasteiger partial charge in [-0.1, -0.05) is 46.4 Å². The molecule has 2 amide bonds. The maximum absolute atomic E-state index is 15.3. The van der Waals surface area contributed by atoms with Gasteiger partial charge in [-0.3, -0.25) is 14.5 Å². The van der Waals surface area contributed by atoms with Gasteiger partial charge < -0.3 is 5.32 Å². The minimum atomic E-state index is -1.48. The van der Waals surface area contributed by atoms with Crippen molar-refractivity contribution in [2.75, 3.05) is 4.90 Å². The van der Waals surface area contributed by atoms with Gasteiger partial charge in [0.05, 0.1) is 0 Å². The zero-order valence-electron chi connectivity index (χ0n) is 19.3. The van der Waals surface area contributed by atoms with E-state index >= 15 is 4.39 Å². The molecule has 10 heteroatoms. The molecular formula is C26H21ClF2N4O2S. The number of amides is 2. The van der Waals surface area contributed by atoms with Crippen LogP contribution in [0.1, 0.15) is 38.8 Å². The average molecular weight is 527 g/mol. The lowest BCUT2D eigenvalue weighted by Gasteiger charge is -2.32. The average Bonchev–Trinajstić information content (AvgIpc) is 3.39. The van der Waals surface area contributed by atoms with Crippen molar-refractivity contribution < 1.29 is 18.4 Å². The number of anilines is 1. The molecular weight excluding hydrogens is 506 g/mol. The summed E-state index contributed by atoms with van der Waals surface area (Å²) in [6, 6.07) is 13.6. The van der Waals surface area contributed by atoms with Gasteiger partial charge in [0.2, 0.25) is 5.91 Å². The molecule has 1 atom stereocenters. The zero-order valence-corrected chi connectivity index (χ0v) is 20.9. The van der Waals surface area contributed by atoms with Crippen molar-refractivity contribution in [1.82, 2.24) is 14.9 Å². The second kappa shape index (κ2) is 10.9. The summed E-state index contributed by atoms with van der Waals surface area (Å²) < 4.78 is 32.3. The van der Waals surface area contributed by atoms with E-state index in [1.54, 1.807) is 19.1 Å². The molecule has 0 fully saturated rings. The summed E-state index contributed by atoms with van der Waals surface area (Å²) in [6.45, 7) is 3.65. The van der Waals surface area contributed by atoms with Crippen molar-refractivity contribution in [2.45, 2.75) is 26.4 Å². The molecule has 1 aromatic heterocycles. The molecule has 4 rings (SSSR count). The van der Waals surface area contributed by atoms with Gasteiger partial charge in [0.25, 0.3) is 5.91 Å². The van der Waals surface area contributed by atoms with Crippen LogP contribution in [0.2, 0.25) is 5.02 Å². The van der Waals surface area contributed by atoms with Crippen molar-refractivity contribution in [3.63, 3.8) is 0 Å². The van der Waals surface area contributed by atoms with Gasteiger partial charge in [-0.05, 0) is 72.4 Å². The number of nitrogens with one attached hydrogen (secondary N) is 1. The molecule has 1 heterocycles. The summed E-state index contributed by atoms with van der Waals surface area (Å²) >= 11 is 7.39. The summed E-state index contributed by atoms with van der Waals surface area (Å²) in [6.07, 6.45) is 0. The first-order valence-corrected chi connectivity index (χ1v) is 12.1. The molecule has 4 aromatic rings. The van der Waals surface area contributed by atoms with E-state index in [1.165, 1.54) is 52.7 Å². The number of carbonyl (C=O) groups excluding carboxylic acids is 2. The first kappa shape index (κ1) is 25.4. The predicted molar refractivity (Wildman–Crippen MR) is 135 cm³/mol. The number of nitrogens with zero attached hydrogens (tertiary/aromatic N) is 3. The Kier molecular flexibility index (Phi) is 7.71. The second-order valence-electron chi connectivity index (χ2n) is 8.14. The summed E-state index contributed by atoms with van der Waals surface area (Å²) in [4.78, 5) is 28.7. The van der Waals surface area contributed by atoms with E-state index in [9.17, 15) is 14.0 Å². The van der Waals surface area contributed by atoms with Crippen LogP contribution in [0.25, 0.3) is 0 Å². The Hall–Kier alpha value is -3.69. The molecule has 36 heavy (non-hydrogen) atoms. The Labute approximate surface area is 215 Å². The van der Waals surface area contributed by atoms with Crippen molar-refractivity contribution >= 4 is 40.6 Å². The van der Waals surface area contributed by atoms with E-state index in [0.29, 0.717) is 16.8 Å². The molecule has 1 unspecified atom stereocenters. The number of rotatable bonds is 7. The lowest BCUT2D eigenvalue weighted by atomic mass is 9.99. The highest BCUT2D eigenvalue weighted by Crippen LogP contribution is 2.36. The number of halogens is 3. The fraction of sp³-hybridized carbons (Fsp3) is 0.154. The van der Waals surface area contributed by atoms with Crippen LogP contribution in [-0.2, 0) is 11.3 Å². The van der Waals surface area contributed by atoms with Gasteiger partial charge in [-0.25, -0.2) is 8.78 Å². The van der Waals surface area contributed by atoms with Crippen molar-refractivity contribution in [3.05, 3.63) is 111 Å². The Bertz CT molecular complexity index is 1380. The predicted octanol–water partition coefficient (Wildman–Crippen LogP) is 5.79. The molecule has 0 saturated heterocycles. The van der Waals surface area contributed by atoms with Crippen LogP contribution in [0, 0.1) is 25.5 Å². The van der Waals surface area contributed by atoms with Gasteiger partial charge >= 0.3 is 0 Å². The minimum Gasteiger partial charge on any atom is -0.350 e. The molecule has 0 aliphatic carbocycles. The Morgan fingerprint density at radius 2 is 1.83 bits per heavy atom. The van der Waals surface area contributed by atoms with Crippen LogP contribution < -0.4 is 10.2 Å². The maximum atomic E-state index is 15.3. The molecule has 184 valence electrons. The van der Waals surface area contributed by atoms with Crippen LogP contribution in [-0.4, -0.2) is 21.4 Å². The highest BCUT2D eigenvalue weighted by Gasteiger charge is 2.38. The van der Waals surface area contributed by atoms with Crippen LogP contribution in [0.3, 0.4) is 0 Å². The van der Waals surface area contributed by atoms with Crippen LogP contribution in [0.5, 0.6) is 0 Å². The molecule has 0 bridgehead atoms. The molecule has 3 aromatic carbocycles. The maximum Gasteiger partial charge on any atom is 0.280 e. The fourth-order valence-electron chi connectivity index (χ4n) is 3.76. The summed E-state index contributed by atoms with van der Waals surface area (Å²) in [5, 5.41) is 8.06. The Morgan fingerprint density at radius 3 is 2.50 bits per heavy atom. The molecule has 0 radical (unpaired) electrons. The van der Waals surface area contributed by atoms with Crippen LogP contribution in [0.4, 0.5) is 14.5 Å². The number of carbonyl (C=O) groups is 2. The number of aromatic nitrogens is 2. The molecule has 0 spiro atoms. The van der Waals surface area contributed by atoms with E-state index < -0.39 is 29.5 Å².